The Morgan fingerprint density at radius 1 is 0.868 bits per heavy atom. The van der Waals surface area contributed by atoms with Gasteiger partial charge in [0.15, 0.2) is 6.29 Å². The molecule has 0 aliphatic carbocycles. The highest BCUT2D eigenvalue weighted by Gasteiger charge is 2.44. The Bertz CT molecular complexity index is 776. The highest BCUT2D eigenvalue weighted by molar-refractivity contribution is 5.83. The molecule has 0 spiro atoms. The molecule has 2 aliphatic rings. The highest BCUT2D eigenvalue weighted by Crippen LogP contribution is 2.35. The summed E-state index contributed by atoms with van der Waals surface area (Å²) < 4.78 is 18.8. The molecular weight excluding hydrogens is 486 g/mol. The first-order valence-electron chi connectivity index (χ1n) is 14.7. The van der Waals surface area contributed by atoms with Crippen LogP contribution < -0.4 is 0 Å². The summed E-state index contributed by atoms with van der Waals surface area (Å²) in [6.07, 6.45) is -1.84. The van der Waals surface area contributed by atoms with Gasteiger partial charge >= 0.3 is 5.97 Å². The van der Waals surface area contributed by atoms with Crippen LogP contribution in [0.2, 0.25) is 0 Å². The summed E-state index contributed by atoms with van der Waals surface area (Å²) >= 11 is 0. The summed E-state index contributed by atoms with van der Waals surface area (Å²) in [7, 11) is 4.10. The number of rotatable bonds is 4. The summed E-state index contributed by atoms with van der Waals surface area (Å²) in [5.41, 5.74) is 0. The van der Waals surface area contributed by atoms with Gasteiger partial charge in [-0.05, 0) is 52.6 Å². The number of hydrogen-bond donors (Lipinski definition) is 2. The Balaban J connectivity index is 2.42. The standard InChI is InChI=1S/C30H55NO7/c1-12-24-18(5)28(34)19(6)26(32)15(2)13-16(3)27(33)20(7)29(21(8)30(35)37-24)38-25-14-23(31(10)11)17(4)22(9)36-25/h15-25,27-29,33-34H,12-14H2,1-11H3/t15-,16+,17-,18+,19+,20-,21-,22?,23?,24-,25+,27+,28+,29+/m1/s1. The second kappa shape index (κ2) is 14.0. The third kappa shape index (κ3) is 7.57. The minimum atomic E-state index is -0.936. The SMILES string of the molecule is CC[C@H]1OC(=O)[C@H](C)[C@@H](O[C@H]2CC(N(C)C)[C@H](C)C(C)O2)[C@H](C)[C@@H](O)[C@@H](C)C[C@@H](C)C(=O)[C@H](C)[C@@H](O)[C@H]1C. The number of Topliss-reactive ketones (excluding diaryl/α,β-unsaturated/α-hetero) is 1. The van der Waals surface area contributed by atoms with Crippen molar-refractivity contribution in [1.29, 1.82) is 0 Å². The third-order valence-electron chi connectivity index (χ3n) is 9.59. The molecule has 0 saturated carbocycles. The van der Waals surface area contributed by atoms with E-state index >= 15 is 0 Å². The van der Waals surface area contributed by atoms with Gasteiger partial charge in [-0.25, -0.2) is 0 Å². The van der Waals surface area contributed by atoms with Gasteiger partial charge in [-0.3, -0.25) is 9.59 Å². The molecular formula is C30H55NO7. The first kappa shape index (κ1) is 33.1. The molecule has 0 bridgehead atoms. The average Bonchev–Trinajstić information content (AvgIpc) is 2.88. The Labute approximate surface area is 230 Å². The van der Waals surface area contributed by atoms with E-state index in [2.05, 4.69) is 25.9 Å². The summed E-state index contributed by atoms with van der Waals surface area (Å²) in [4.78, 5) is 28.9. The molecule has 0 aromatic rings. The number of aliphatic hydroxyl groups is 2. The molecule has 8 nitrogen and oxygen atoms in total. The van der Waals surface area contributed by atoms with Crippen LogP contribution in [-0.2, 0) is 23.8 Å². The van der Waals surface area contributed by atoms with Gasteiger partial charge in [0.05, 0.1) is 30.3 Å². The van der Waals surface area contributed by atoms with Crippen LogP contribution in [0.3, 0.4) is 0 Å². The first-order chi connectivity index (χ1) is 17.6. The average molecular weight is 542 g/mol. The van der Waals surface area contributed by atoms with Crippen molar-refractivity contribution in [3.8, 4) is 0 Å². The first-order valence-corrected chi connectivity index (χ1v) is 14.7. The quantitative estimate of drug-likeness (QED) is 0.516. The highest BCUT2D eigenvalue weighted by atomic mass is 16.7. The molecule has 2 fully saturated rings. The number of carbonyl (C=O) groups excluding carboxylic acids is 2. The number of aliphatic hydroxyl groups excluding tert-OH is 2. The van der Waals surface area contributed by atoms with Crippen molar-refractivity contribution in [3.05, 3.63) is 0 Å². The van der Waals surface area contributed by atoms with Crippen LogP contribution in [-0.4, -0.2) is 83.8 Å². The zero-order valence-corrected chi connectivity index (χ0v) is 25.6. The van der Waals surface area contributed by atoms with Gasteiger partial charge in [0.1, 0.15) is 11.9 Å². The lowest BCUT2D eigenvalue weighted by Crippen LogP contribution is -2.52. The van der Waals surface area contributed by atoms with Gasteiger partial charge in [0, 0.05) is 36.1 Å². The lowest BCUT2D eigenvalue weighted by Gasteiger charge is -2.44. The number of cyclic esters (lactones) is 1. The van der Waals surface area contributed by atoms with Crippen LogP contribution in [0.1, 0.15) is 81.6 Å². The minimum absolute atomic E-state index is 0.0262. The molecule has 2 N–H and O–H groups in total. The lowest BCUT2D eigenvalue weighted by molar-refractivity contribution is -0.255. The largest absolute Gasteiger partial charge is 0.462 e. The smallest absolute Gasteiger partial charge is 0.311 e. The van der Waals surface area contributed by atoms with E-state index < -0.39 is 60.3 Å². The molecule has 222 valence electrons. The number of nitrogens with zero attached hydrogens (tertiary/aromatic N) is 1. The Kier molecular flexibility index (Phi) is 12.2. The van der Waals surface area contributed by atoms with Crippen LogP contribution in [0.25, 0.3) is 0 Å². The van der Waals surface area contributed by atoms with Crippen molar-refractivity contribution in [2.75, 3.05) is 14.1 Å². The zero-order chi connectivity index (χ0) is 29.1. The monoisotopic (exact) mass is 541 g/mol. The van der Waals surface area contributed by atoms with Crippen LogP contribution in [0.15, 0.2) is 0 Å². The van der Waals surface area contributed by atoms with Crippen LogP contribution >= 0.6 is 0 Å². The van der Waals surface area contributed by atoms with Crippen molar-refractivity contribution in [3.63, 3.8) is 0 Å². The summed E-state index contributed by atoms with van der Waals surface area (Å²) in [6.45, 7) is 17.2. The van der Waals surface area contributed by atoms with Crippen LogP contribution in [0.5, 0.6) is 0 Å². The molecule has 0 aromatic heterocycles. The van der Waals surface area contributed by atoms with Gasteiger partial charge in [0.25, 0.3) is 0 Å². The third-order valence-corrected chi connectivity index (χ3v) is 9.59. The fraction of sp³-hybridized carbons (Fsp3) is 0.933. The van der Waals surface area contributed by atoms with E-state index in [1.807, 2.05) is 41.5 Å². The zero-order valence-electron chi connectivity index (χ0n) is 25.6. The number of ketones is 1. The van der Waals surface area contributed by atoms with E-state index in [4.69, 9.17) is 14.2 Å². The lowest BCUT2D eigenvalue weighted by atomic mass is 9.77. The molecule has 14 atom stereocenters. The number of esters is 1. The number of carbonyl (C=O) groups is 2. The summed E-state index contributed by atoms with van der Waals surface area (Å²) in [5, 5.41) is 22.4. The topological polar surface area (TPSA) is 106 Å². The fourth-order valence-corrected chi connectivity index (χ4v) is 6.56. The normalized spacial score (nSPS) is 46.5. The number of hydrogen-bond acceptors (Lipinski definition) is 8. The molecule has 2 heterocycles. The second-order valence-corrected chi connectivity index (χ2v) is 12.7. The van der Waals surface area contributed by atoms with Gasteiger partial charge in [0.2, 0.25) is 0 Å². The van der Waals surface area contributed by atoms with Crippen LogP contribution in [0.4, 0.5) is 0 Å². The second-order valence-electron chi connectivity index (χ2n) is 12.7. The van der Waals surface area contributed by atoms with E-state index in [1.165, 1.54) is 0 Å². The molecule has 2 unspecified atom stereocenters. The molecule has 0 radical (unpaired) electrons. The van der Waals surface area contributed by atoms with Gasteiger partial charge < -0.3 is 29.3 Å². The maximum Gasteiger partial charge on any atom is 0.311 e. The number of ether oxygens (including phenoxy) is 3. The molecule has 0 amide bonds. The van der Waals surface area contributed by atoms with E-state index in [9.17, 15) is 19.8 Å². The summed E-state index contributed by atoms with van der Waals surface area (Å²) in [6, 6.07) is 0.254. The Morgan fingerprint density at radius 2 is 1.47 bits per heavy atom. The van der Waals surface area contributed by atoms with Gasteiger partial charge in [-0.15, -0.1) is 0 Å². The van der Waals surface area contributed by atoms with Gasteiger partial charge in [-0.2, -0.15) is 0 Å². The van der Waals surface area contributed by atoms with Crippen molar-refractivity contribution in [1.82, 2.24) is 4.90 Å². The minimum Gasteiger partial charge on any atom is -0.462 e. The summed E-state index contributed by atoms with van der Waals surface area (Å²) in [5.74, 6) is -2.77. The van der Waals surface area contributed by atoms with E-state index in [-0.39, 0.29) is 29.8 Å². The Morgan fingerprint density at radius 3 is 2.03 bits per heavy atom. The molecule has 2 aliphatic heterocycles. The van der Waals surface area contributed by atoms with Crippen molar-refractivity contribution in [2.45, 2.75) is 124 Å². The predicted octanol–water partition coefficient (Wildman–Crippen LogP) is 3.91. The van der Waals surface area contributed by atoms with E-state index in [1.54, 1.807) is 13.8 Å². The molecule has 2 rings (SSSR count). The van der Waals surface area contributed by atoms with E-state index in [0.29, 0.717) is 25.2 Å². The fourth-order valence-electron chi connectivity index (χ4n) is 6.56. The maximum absolute atomic E-state index is 13.5. The van der Waals surface area contributed by atoms with Crippen molar-refractivity contribution in [2.24, 2.45) is 41.4 Å². The van der Waals surface area contributed by atoms with Crippen molar-refractivity contribution >= 4 is 11.8 Å². The van der Waals surface area contributed by atoms with Crippen molar-refractivity contribution < 1.29 is 34.0 Å². The van der Waals surface area contributed by atoms with E-state index in [0.717, 1.165) is 0 Å². The molecule has 8 heteroatoms. The molecule has 2 saturated heterocycles. The van der Waals surface area contributed by atoms with Gasteiger partial charge in [-0.1, -0.05) is 48.5 Å². The van der Waals surface area contributed by atoms with Crippen LogP contribution in [0, 0.1) is 41.4 Å². The molecule has 0 aromatic carbocycles. The Hall–Kier alpha value is -1.06. The maximum atomic E-state index is 13.5. The molecule has 38 heavy (non-hydrogen) atoms. The predicted molar refractivity (Wildman–Crippen MR) is 147 cm³/mol.